The average Bonchev–Trinajstić information content (AvgIpc) is 2.69. The molecule has 0 aromatic heterocycles. The lowest BCUT2D eigenvalue weighted by molar-refractivity contribution is 0.00578. The molecule has 0 aromatic rings. The standard InChI is InChI=1S/C11H18BNO4/c1-10(2)11(3,4)17-12(16-10)8-6-5-7-13(8)9(14)15/h5-6,8H,7H2,1-4H3,(H,14,15). The van der Waals surface area contributed by atoms with Gasteiger partial charge in [-0.25, -0.2) is 4.79 Å². The maximum Gasteiger partial charge on any atom is 0.486 e. The number of hydrogen-bond donors (Lipinski definition) is 1. The topological polar surface area (TPSA) is 59.0 Å². The first-order valence-electron chi connectivity index (χ1n) is 5.76. The Balaban J connectivity index is 2.16. The van der Waals surface area contributed by atoms with Gasteiger partial charge < -0.3 is 14.4 Å². The molecule has 2 heterocycles. The molecule has 1 fully saturated rings. The highest BCUT2D eigenvalue weighted by molar-refractivity contribution is 6.48. The summed E-state index contributed by atoms with van der Waals surface area (Å²) in [6, 6.07) is 0. The van der Waals surface area contributed by atoms with Crippen molar-refractivity contribution in [2.45, 2.75) is 44.8 Å². The van der Waals surface area contributed by atoms with Crippen LogP contribution >= 0.6 is 0 Å². The second-order valence-corrected chi connectivity index (χ2v) is 5.48. The van der Waals surface area contributed by atoms with Crippen molar-refractivity contribution in [1.29, 1.82) is 0 Å². The third kappa shape index (κ3) is 1.95. The molecule has 0 aromatic carbocycles. The highest BCUT2D eigenvalue weighted by Crippen LogP contribution is 2.38. The minimum absolute atomic E-state index is 0.353. The van der Waals surface area contributed by atoms with Crippen LogP contribution in [0.25, 0.3) is 0 Å². The minimum atomic E-state index is -0.949. The SMILES string of the molecule is CC1(C)OB(C2C=CCN2C(=O)O)OC1(C)C. The number of nitrogens with zero attached hydrogens (tertiary/aromatic N) is 1. The van der Waals surface area contributed by atoms with Gasteiger partial charge in [-0.1, -0.05) is 12.2 Å². The van der Waals surface area contributed by atoms with E-state index in [4.69, 9.17) is 14.4 Å². The van der Waals surface area contributed by atoms with Crippen LogP contribution in [0, 0.1) is 0 Å². The second-order valence-electron chi connectivity index (χ2n) is 5.48. The summed E-state index contributed by atoms with van der Waals surface area (Å²) < 4.78 is 11.7. The van der Waals surface area contributed by atoms with Gasteiger partial charge in [0.1, 0.15) is 0 Å². The van der Waals surface area contributed by atoms with Gasteiger partial charge in [0, 0.05) is 6.54 Å². The predicted octanol–water partition coefficient (Wildman–Crippen LogP) is 1.54. The molecule has 1 atom stereocenters. The lowest BCUT2D eigenvalue weighted by Crippen LogP contribution is -2.46. The van der Waals surface area contributed by atoms with E-state index < -0.39 is 24.4 Å². The van der Waals surface area contributed by atoms with E-state index in [-0.39, 0.29) is 5.94 Å². The van der Waals surface area contributed by atoms with E-state index >= 15 is 0 Å². The summed E-state index contributed by atoms with van der Waals surface area (Å²) in [6.45, 7) is 8.21. The summed E-state index contributed by atoms with van der Waals surface area (Å²) in [6.07, 6.45) is 2.70. The molecule has 0 spiro atoms. The Morgan fingerprint density at radius 1 is 1.35 bits per heavy atom. The smallest absolute Gasteiger partial charge is 0.465 e. The Morgan fingerprint density at radius 3 is 2.35 bits per heavy atom. The van der Waals surface area contributed by atoms with Gasteiger partial charge >= 0.3 is 13.2 Å². The van der Waals surface area contributed by atoms with Crippen molar-refractivity contribution in [3.8, 4) is 0 Å². The van der Waals surface area contributed by atoms with E-state index in [1.165, 1.54) is 4.90 Å². The molecule has 0 radical (unpaired) electrons. The Hall–Kier alpha value is -1.01. The van der Waals surface area contributed by atoms with Gasteiger partial charge in [0.15, 0.2) is 0 Å². The van der Waals surface area contributed by atoms with Crippen LogP contribution in [0.5, 0.6) is 0 Å². The lowest BCUT2D eigenvalue weighted by Gasteiger charge is -2.32. The first-order valence-corrected chi connectivity index (χ1v) is 5.76. The molecule has 0 bridgehead atoms. The zero-order chi connectivity index (χ0) is 12.8. The van der Waals surface area contributed by atoms with Crippen molar-refractivity contribution >= 4 is 13.2 Å². The van der Waals surface area contributed by atoms with Crippen molar-refractivity contribution in [3.05, 3.63) is 12.2 Å². The normalized spacial score (nSPS) is 30.0. The summed E-state index contributed by atoms with van der Waals surface area (Å²) in [5, 5.41) is 9.08. The molecule has 1 amide bonds. The van der Waals surface area contributed by atoms with Gasteiger partial charge in [-0.3, -0.25) is 4.90 Å². The highest BCUT2D eigenvalue weighted by Gasteiger charge is 2.55. The number of amides is 1. The molecule has 17 heavy (non-hydrogen) atoms. The van der Waals surface area contributed by atoms with Crippen LogP contribution in [0.2, 0.25) is 0 Å². The van der Waals surface area contributed by atoms with Crippen LogP contribution in [0.3, 0.4) is 0 Å². The molecule has 1 saturated heterocycles. The Bertz CT molecular complexity index is 350. The van der Waals surface area contributed by atoms with E-state index in [9.17, 15) is 4.79 Å². The molecule has 2 rings (SSSR count). The van der Waals surface area contributed by atoms with E-state index in [0.29, 0.717) is 6.54 Å². The van der Waals surface area contributed by atoms with Crippen molar-refractivity contribution in [1.82, 2.24) is 4.90 Å². The highest BCUT2D eigenvalue weighted by atomic mass is 16.7. The second kappa shape index (κ2) is 3.75. The fourth-order valence-corrected chi connectivity index (χ4v) is 2.01. The number of rotatable bonds is 1. The van der Waals surface area contributed by atoms with E-state index in [1.54, 1.807) is 0 Å². The molecule has 0 aliphatic carbocycles. The van der Waals surface area contributed by atoms with Crippen LogP contribution in [0.1, 0.15) is 27.7 Å². The Labute approximate surface area is 102 Å². The van der Waals surface area contributed by atoms with Gasteiger partial charge in [0.05, 0.1) is 17.1 Å². The number of carbonyl (C=O) groups is 1. The molecular weight excluding hydrogens is 221 g/mol. The fraction of sp³-hybridized carbons (Fsp3) is 0.727. The molecule has 0 saturated carbocycles. The van der Waals surface area contributed by atoms with Gasteiger partial charge in [0.25, 0.3) is 0 Å². The van der Waals surface area contributed by atoms with Crippen LogP contribution in [0.15, 0.2) is 12.2 Å². The summed E-state index contributed by atoms with van der Waals surface area (Å²) in [5.41, 5.74) is -0.865. The average molecular weight is 239 g/mol. The zero-order valence-electron chi connectivity index (χ0n) is 10.6. The molecule has 6 heteroatoms. The van der Waals surface area contributed by atoms with E-state index in [1.807, 2.05) is 39.8 Å². The predicted molar refractivity (Wildman–Crippen MR) is 63.7 cm³/mol. The van der Waals surface area contributed by atoms with Crippen LogP contribution in [-0.4, -0.2) is 46.9 Å². The number of hydrogen-bond acceptors (Lipinski definition) is 3. The van der Waals surface area contributed by atoms with E-state index in [2.05, 4.69) is 0 Å². The summed E-state index contributed by atoms with van der Waals surface area (Å²) in [4.78, 5) is 12.4. The van der Waals surface area contributed by atoms with Crippen molar-refractivity contribution in [2.24, 2.45) is 0 Å². The van der Waals surface area contributed by atoms with Crippen LogP contribution < -0.4 is 0 Å². The summed E-state index contributed by atoms with van der Waals surface area (Å²) >= 11 is 0. The summed E-state index contributed by atoms with van der Waals surface area (Å²) in [7, 11) is -0.533. The molecule has 1 unspecified atom stereocenters. The van der Waals surface area contributed by atoms with Crippen LogP contribution in [0.4, 0.5) is 4.79 Å². The maximum absolute atomic E-state index is 11.1. The first kappa shape index (κ1) is 12.5. The van der Waals surface area contributed by atoms with Crippen molar-refractivity contribution < 1.29 is 19.2 Å². The summed E-state index contributed by atoms with van der Waals surface area (Å²) in [5.74, 6) is -0.353. The molecule has 94 valence electrons. The monoisotopic (exact) mass is 239 g/mol. The quantitative estimate of drug-likeness (QED) is 0.557. The lowest BCUT2D eigenvalue weighted by atomic mass is 9.78. The maximum atomic E-state index is 11.1. The molecule has 1 N–H and O–H groups in total. The Morgan fingerprint density at radius 2 is 1.88 bits per heavy atom. The minimum Gasteiger partial charge on any atom is -0.465 e. The Kier molecular flexibility index (Phi) is 2.74. The third-order valence-corrected chi connectivity index (χ3v) is 3.79. The van der Waals surface area contributed by atoms with Gasteiger partial charge in [0.2, 0.25) is 0 Å². The van der Waals surface area contributed by atoms with Gasteiger partial charge in [-0.2, -0.15) is 0 Å². The van der Waals surface area contributed by atoms with E-state index in [0.717, 1.165) is 0 Å². The molecule has 2 aliphatic rings. The third-order valence-electron chi connectivity index (χ3n) is 3.79. The number of carboxylic acid groups (broad SMARTS) is 1. The van der Waals surface area contributed by atoms with Crippen molar-refractivity contribution in [2.75, 3.05) is 6.54 Å². The van der Waals surface area contributed by atoms with Gasteiger partial charge in [-0.05, 0) is 27.7 Å². The molecular formula is C11H18BNO4. The molecule has 2 aliphatic heterocycles. The molecule has 5 nitrogen and oxygen atoms in total. The fourth-order valence-electron chi connectivity index (χ4n) is 2.01. The van der Waals surface area contributed by atoms with Crippen LogP contribution in [-0.2, 0) is 9.31 Å². The largest absolute Gasteiger partial charge is 0.486 e. The zero-order valence-corrected chi connectivity index (χ0v) is 10.6. The van der Waals surface area contributed by atoms with Crippen molar-refractivity contribution in [3.63, 3.8) is 0 Å². The first-order chi connectivity index (χ1) is 7.74. The van der Waals surface area contributed by atoms with Gasteiger partial charge in [-0.15, -0.1) is 0 Å².